The van der Waals surface area contributed by atoms with Gasteiger partial charge in [0.2, 0.25) is 0 Å². The quantitative estimate of drug-likeness (QED) is 0.441. The summed E-state index contributed by atoms with van der Waals surface area (Å²) in [6.07, 6.45) is -1.64. The summed E-state index contributed by atoms with van der Waals surface area (Å²) in [5.41, 5.74) is 0.702. The Morgan fingerprint density at radius 1 is 1.27 bits per heavy atom. The van der Waals surface area contributed by atoms with Crippen molar-refractivity contribution in [1.29, 1.82) is 0 Å². The molecule has 0 saturated carbocycles. The summed E-state index contributed by atoms with van der Waals surface area (Å²) in [6, 6.07) is 5.36. The number of nitrogens with one attached hydrogen (secondary N) is 2. The number of benzene rings is 1. The summed E-state index contributed by atoms with van der Waals surface area (Å²) >= 11 is 0. The highest BCUT2D eigenvalue weighted by Crippen LogP contribution is 2.32. The van der Waals surface area contributed by atoms with Gasteiger partial charge in [-0.25, -0.2) is 13.8 Å². The fraction of sp³-hybridized carbons (Fsp3) is 0.500. The molecule has 124 valence electrons. The van der Waals surface area contributed by atoms with Gasteiger partial charge in [0.05, 0.1) is 13.2 Å². The van der Waals surface area contributed by atoms with Crippen LogP contribution in [0.2, 0.25) is 0 Å². The van der Waals surface area contributed by atoms with Crippen molar-refractivity contribution in [2.24, 2.45) is 4.99 Å². The number of guanidine groups is 1. The van der Waals surface area contributed by atoms with Gasteiger partial charge in [-0.1, -0.05) is 0 Å². The zero-order chi connectivity index (χ0) is 15.1. The highest BCUT2D eigenvalue weighted by atomic mass is 127. The van der Waals surface area contributed by atoms with Crippen molar-refractivity contribution in [2.45, 2.75) is 19.8 Å². The summed E-state index contributed by atoms with van der Waals surface area (Å²) in [5.74, 6) is 1.64. The molecule has 0 unspecified atom stereocenters. The number of aliphatic imine (C=N–C) groups is 1. The Hall–Kier alpha value is -1.32. The maximum Gasteiger partial charge on any atom is 0.257 e. The van der Waals surface area contributed by atoms with Gasteiger partial charge in [0.15, 0.2) is 17.5 Å². The summed E-state index contributed by atoms with van der Waals surface area (Å²) in [7, 11) is 0. The monoisotopic (exact) mass is 427 g/mol. The number of alkyl halides is 2. The Morgan fingerprint density at radius 3 is 2.68 bits per heavy atom. The SMILES string of the molecule is CCNC(=NCC(F)F)Nc1ccc2c(c1)OCCCO2.I. The van der Waals surface area contributed by atoms with Gasteiger partial charge in [0, 0.05) is 24.7 Å². The van der Waals surface area contributed by atoms with E-state index in [4.69, 9.17) is 9.47 Å². The first kappa shape index (κ1) is 18.7. The van der Waals surface area contributed by atoms with Gasteiger partial charge < -0.3 is 20.1 Å². The molecule has 2 rings (SSSR count). The third-order valence-electron chi connectivity index (χ3n) is 2.74. The van der Waals surface area contributed by atoms with Gasteiger partial charge in [-0.2, -0.15) is 0 Å². The minimum Gasteiger partial charge on any atom is -0.490 e. The van der Waals surface area contributed by atoms with Crippen LogP contribution in [-0.2, 0) is 0 Å². The van der Waals surface area contributed by atoms with Crippen molar-refractivity contribution in [2.75, 3.05) is 31.6 Å². The van der Waals surface area contributed by atoms with Crippen molar-refractivity contribution in [3.63, 3.8) is 0 Å². The molecule has 0 saturated heterocycles. The molecule has 0 amide bonds. The second-order valence-corrected chi connectivity index (χ2v) is 4.45. The predicted molar refractivity (Wildman–Crippen MR) is 93.1 cm³/mol. The number of ether oxygens (including phenoxy) is 2. The van der Waals surface area contributed by atoms with Gasteiger partial charge >= 0.3 is 0 Å². The van der Waals surface area contributed by atoms with E-state index in [9.17, 15) is 8.78 Å². The van der Waals surface area contributed by atoms with Gasteiger partial charge in [-0.3, -0.25) is 0 Å². The number of rotatable bonds is 4. The molecule has 0 aromatic heterocycles. The van der Waals surface area contributed by atoms with Gasteiger partial charge in [-0.15, -0.1) is 24.0 Å². The lowest BCUT2D eigenvalue weighted by atomic mass is 10.3. The normalized spacial score (nSPS) is 14.1. The zero-order valence-electron chi connectivity index (χ0n) is 12.3. The lowest BCUT2D eigenvalue weighted by Crippen LogP contribution is -2.31. The fourth-order valence-electron chi connectivity index (χ4n) is 1.85. The van der Waals surface area contributed by atoms with Gasteiger partial charge in [0.1, 0.15) is 6.54 Å². The molecule has 0 aliphatic carbocycles. The van der Waals surface area contributed by atoms with E-state index in [0.29, 0.717) is 42.9 Å². The van der Waals surface area contributed by atoms with Crippen LogP contribution in [0.5, 0.6) is 11.5 Å². The minimum absolute atomic E-state index is 0. The van der Waals surface area contributed by atoms with E-state index in [2.05, 4.69) is 15.6 Å². The third-order valence-corrected chi connectivity index (χ3v) is 2.74. The van der Waals surface area contributed by atoms with Crippen LogP contribution >= 0.6 is 24.0 Å². The number of anilines is 1. The minimum atomic E-state index is -2.47. The van der Waals surface area contributed by atoms with Crippen molar-refractivity contribution in [3.8, 4) is 11.5 Å². The molecule has 5 nitrogen and oxygen atoms in total. The highest BCUT2D eigenvalue weighted by molar-refractivity contribution is 14.0. The Labute approximate surface area is 145 Å². The molecule has 0 atom stereocenters. The van der Waals surface area contributed by atoms with E-state index >= 15 is 0 Å². The molecule has 8 heteroatoms. The van der Waals surface area contributed by atoms with E-state index in [1.807, 2.05) is 6.92 Å². The summed E-state index contributed by atoms with van der Waals surface area (Å²) < 4.78 is 35.6. The van der Waals surface area contributed by atoms with Gasteiger partial charge in [-0.05, 0) is 19.1 Å². The second-order valence-electron chi connectivity index (χ2n) is 4.45. The first-order valence-electron chi connectivity index (χ1n) is 6.92. The molecular weight excluding hydrogens is 407 g/mol. The molecule has 2 N–H and O–H groups in total. The van der Waals surface area contributed by atoms with Gasteiger partial charge in [0.25, 0.3) is 6.43 Å². The van der Waals surface area contributed by atoms with Crippen molar-refractivity contribution >= 4 is 35.6 Å². The topological polar surface area (TPSA) is 54.9 Å². The van der Waals surface area contributed by atoms with Crippen LogP contribution in [0.1, 0.15) is 13.3 Å². The first-order chi connectivity index (χ1) is 10.2. The lowest BCUT2D eigenvalue weighted by molar-refractivity contribution is 0.158. The average molecular weight is 427 g/mol. The average Bonchev–Trinajstić information content (AvgIpc) is 2.69. The van der Waals surface area contributed by atoms with Crippen LogP contribution in [0.25, 0.3) is 0 Å². The standard InChI is InChI=1S/C14H19F2N3O2.HI/c1-2-17-14(18-9-13(15)16)19-10-4-5-11-12(8-10)21-7-3-6-20-11;/h4-5,8,13H,2-3,6-7,9H2,1H3,(H2,17,18,19);1H. The molecular formula is C14H20F2IN3O2. The molecule has 1 heterocycles. The summed E-state index contributed by atoms with van der Waals surface area (Å²) in [4.78, 5) is 3.81. The number of hydrogen-bond acceptors (Lipinski definition) is 3. The van der Waals surface area contributed by atoms with Crippen LogP contribution in [0.3, 0.4) is 0 Å². The third kappa shape index (κ3) is 5.82. The van der Waals surface area contributed by atoms with E-state index in [1.165, 1.54) is 0 Å². The van der Waals surface area contributed by atoms with Crippen LogP contribution in [-0.4, -0.2) is 38.7 Å². The van der Waals surface area contributed by atoms with Crippen LogP contribution in [0.4, 0.5) is 14.5 Å². The molecule has 1 aliphatic rings. The Bertz CT molecular complexity index is 501. The number of fused-ring (bicyclic) bond motifs is 1. The van der Waals surface area contributed by atoms with E-state index in [0.717, 1.165) is 6.42 Å². The predicted octanol–water partition coefficient (Wildman–Crippen LogP) is 3.11. The van der Waals surface area contributed by atoms with Crippen molar-refractivity contribution < 1.29 is 18.3 Å². The largest absolute Gasteiger partial charge is 0.490 e. The molecule has 1 aromatic carbocycles. The summed E-state index contributed by atoms with van der Waals surface area (Å²) in [6.45, 7) is 3.13. The molecule has 0 bridgehead atoms. The second kappa shape index (κ2) is 9.65. The van der Waals surface area contributed by atoms with Crippen molar-refractivity contribution in [1.82, 2.24) is 5.32 Å². The van der Waals surface area contributed by atoms with Crippen molar-refractivity contribution in [3.05, 3.63) is 18.2 Å². The summed E-state index contributed by atoms with van der Waals surface area (Å²) in [5, 5.41) is 5.89. The molecule has 0 radical (unpaired) electrons. The smallest absolute Gasteiger partial charge is 0.257 e. The Balaban J connectivity index is 0.00000242. The highest BCUT2D eigenvalue weighted by Gasteiger charge is 2.11. The lowest BCUT2D eigenvalue weighted by Gasteiger charge is -2.13. The van der Waals surface area contributed by atoms with Crippen LogP contribution < -0.4 is 20.1 Å². The maximum atomic E-state index is 12.2. The Kier molecular flexibility index (Phi) is 8.21. The Morgan fingerprint density at radius 2 is 2.00 bits per heavy atom. The number of halogens is 3. The number of nitrogens with zero attached hydrogens (tertiary/aromatic N) is 1. The first-order valence-corrected chi connectivity index (χ1v) is 6.92. The molecule has 1 aliphatic heterocycles. The van der Waals surface area contributed by atoms with E-state index in [1.54, 1.807) is 18.2 Å². The molecule has 0 spiro atoms. The van der Waals surface area contributed by atoms with Crippen LogP contribution in [0.15, 0.2) is 23.2 Å². The fourth-order valence-corrected chi connectivity index (χ4v) is 1.85. The number of hydrogen-bond donors (Lipinski definition) is 2. The van der Waals surface area contributed by atoms with E-state index in [-0.39, 0.29) is 24.0 Å². The molecule has 22 heavy (non-hydrogen) atoms. The molecule has 0 fully saturated rings. The van der Waals surface area contributed by atoms with E-state index < -0.39 is 13.0 Å². The maximum absolute atomic E-state index is 12.2. The molecule has 1 aromatic rings. The van der Waals surface area contributed by atoms with Crippen LogP contribution in [0, 0.1) is 0 Å². The zero-order valence-corrected chi connectivity index (χ0v) is 14.6.